The zero-order valence-electron chi connectivity index (χ0n) is 14.9. The highest BCUT2D eigenvalue weighted by Crippen LogP contribution is 2.24. The summed E-state index contributed by atoms with van der Waals surface area (Å²) < 4.78 is 11.2. The molecule has 1 fully saturated rings. The summed E-state index contributed by atoms with van der Waals surface area (Å²) in [5, 5.41) is 1.11. The summed E-state index contributed by atoms with van der Waals surface area (Å²) in [7, 11) is 5.93. The van der Waals surface area contributed by atoms with E-state index in [0.29, 0.717) is 5.92 Å². The molecule has 130 valence electrons. The van der Waals surface area contributed by atoms with Crippen LogP contribution in [0.5, 0.6) is 5.75 Å². The predicted molar refractivity (Wildman–Crippen MR) is 96.4 cm³/mol. The monoisotopic (exact) mass is 329 g/mol. The van der Waals surface area contributed by atoms with E-state index in [0.717, 1.165) is 61.7 Å². The normalized spacial score (nSPS) is 19.6. The van der Waals surface area contributed by atoms with E-state index >= 15 is 0 Å². The van der Waals surface area contributed by atoms with Crippen LogP contribution in [0.15, 0.2) is 30.3 Å². The Hall–Kier alpha value is -1.69. The number of ether oxygens (including phenoxy) is 2. The number of hydrogen-bond donors (Lipinski definition) is 0. The fourth-order valence-electron chi connectivity index (χ4n) is 3.37. The summed E-state index contributed by atoms with van der Waals surface area (Å²) in [4.78, 5) is 9.52. The van der Waals surface area contributed by atoms with Gasteiger partial charge in [0.25, 0.3) is 0 Å². The molecular weight excluding hydrogens is 302 g/mol. The summed E-state index contributed by atoms with van der Waals surface area (Å²) in [6.07, 6.45) is 0. The fourth-order valence-corrected chi connectivity index (χ4v) is 3.37. The molecule has 0 unspecified atom stereocenters. The number of benzene rings is 1. The minimum atomic E-state index is 0.539. The Labute approximate surface area is 144 Å². The van der Waals surface area contributed by atoms with Gasteiger partial charge in [-0.3, -0.25) is 4.90 Å². The number of pyridine rings is 1. The molecule has 0 saturated carbocycles. The number of aromatic nitrogens is 1. The van der Waals surface area contributed by atoms with E-state index in [1.165, 1.54) is 0 Å². The predicted octanol–water partition coefficient (Wildman–Crippen LogP) is 2.25. The lowest BCUT2D eigenvalue weighted by atomic mass is 10.1. The molecule has 1 aliphatic rings. The Morgan fingerprint density at radius 2 is 2.17 bits per heavy atom. The molecule has 24 heavy (non-hydrogen) atoms. The molecule has 5 nitrogen and oxygen atoms in total. The van der Waals surface area contributed by atoms with Crippen molar-refractivity contribution >= 4 is 10.9 Å². The van der Waals surface area contributed by atoms with Crippen LogP contribution in [0.1, 0.15) is 5.69 Å². The van der Waals surface area contributed by atoms with Crippen molar-refractivity contribution in [1.29, 1.82) is 0 Å². The average Bonchev–Trinajstić information content (AvgIpc) is 2.78. The van der Waals surface area contributed by atoms with Crippen LogP contribution in [0.4, 0.5) is 0 Å². The molecule has 2 aromatic rings. The first kappa shape index (κ1) is 17.1. The number of methoxy groups -OCH3 is 1. The van der Waals surface area contributed by atoms with Gasteiger partial charge >= 0.3 is 0 Å². The maximum Gasteiger partial charge on any atom is 0.145 e. The topological polar surface area (TPSA) is 37.8 Å². The zero-order chi connectivity index (χ0) is 16.9. The maximum absolute atomic E-state index is 5.77. The van der Waals surface area contributed by atoms with Crippen molar-refractivity contribution in [3.05, 3.63) is 36.0 Å². The highest BCUT2D eigenvalue weighted by molar-refractivity contribution is 5.84. The quantitative estimate of drug-likeness (QED) is 0.841. The van der Waals surface area contributed by atoms with Gasteiger partial charge in [-0.2, -0.15) is 0 Å². The third kappa shape index (κ3) is 4.23. The van der Waals surface area contributed by atoms with Gasteiger partial charge in [-0.05, 0) is 26.2 Å². The SMILES string of the molecule is COc1cccc2ccc(CN3CCOC[C@H](CN(C)C)C3)nc12. The van der Waals surface area contributed by atoms with E-state index < -0.39 is 0 Å². The van der Waals surface area contributed by atoms with Gasteiger partial charge in [0.05, 0.1) is 26.0 Å². The standard InChI is InChI=1S/C19H27N3O2/c1-21(2)11-15-12-22(9-10-24-14-15)13-17-8-7-16-5-4-6-18(23-3)19(16)20-17/h4-8,15H,9-14H2,1-3H3/t15-/m1/s1. The highest BCUT2D eigenvalue weighted by Gasteiger charge is 2.20. The largest absolute Gasteiger partial charge is 0.494 e. The third-order valence-electron chi connectivity index (χ3n) is 4.39. The Morgan fingerprint density at radius 1 is 1.29 bits per heavy atom. The summed E-state index contributed by atoms with van der Waals surface area (Å²) in [6.45, 7) is 5.53. The van der Waals surface area contributed by atoms with E-state index in [1.54, 1.807) is 7.11 Å². The van der Waals surface area contributed by atoms with Gasteiger partial charge < -0.3 is 14.4 Å². The Balaban J connectivity index is 1.75. The lowest BCUT2D eigenvalue weighted by molar-refractivity contribution is 0.112. The van der Waals surface area contributed by atoms with Gasteiger partial charge in [0.2, 0.25) is 0 Å². The van der Waals surface area contributed by atoms with E-state index in [4.69, 9.17) is 14.5 Å². The number of hydrogen-bond acceptors (Lipinski definition) is 5. The van der Waals surface area contributed by atoms with Gasteiger partial charge in [0, 0.05) is 37.5 Å². The first-order valence-corrected chi connectivity index (χ1v) is 8.53. The van der Waals surface area contributed by atoms with Gasteiger partial charge in [0.1, 0.15) is 11.3 Å². The molecule has 0 bridgehead atoms. The Morgan fingerprint density at radius 3 is 2.96 bits per heavy atom. The molecule has 0 amide bonds. The third-order valence-corrected chi connectivity index (χ3v) is 4.39. The van der Waals surface area contributed by atoms with Crippen molar-refractivity contribution < 1.29 is 9.47 Å². The molecule has 1 atom stereocenters. The second kappa shape index (κ2) is 7.92. The van der Waals surface area contributed by atoms with Crippen LogP contribution in [-0.2, 0) is 11.3 Å². The van der Waals surface area contributed by atoms with Crippen LogP contribution in [0.2, 0.25) is 0 Å². The van der Waals surface area contributed by atoms with E-state index in [2.05, 4.69) is 42.1 Å². The summed E-state index contributed by atoms with van der Waals surface area (Å²) in [5.74, 6) is 1.37. The number of rotatable bonds is 5. The van der Waals surface area contributed by atoms with E-state index in [-0.39, 0.29) is 0 Å². The van der Waals surface area contributed by atoms with E-state index in [9.17, 15) is 0 Å². The molecule has 5 heteroatoms. The van der Waals surface area contributed by atoms with Crippen molar-refractivity contribution in [3.8, 4) is 5.75 Å². The van der Waals surface area contributed by atoms with Gasteiger partial charge in [-0.25, -0.2) is 4.98 Å². The Bertz CT molecular complexity index is 675. The first-order chi connectivity index (χ1) is 11.7. The van der Waals surface area contributed by atoms with Crippen molar-refractivity contribution in [3.63, 3.8) is 0 Å². The van der Waals surface area contributed by atoms with Crippen molar-refractivity contribution in [2.24, 2.45) is 5.92 Å². The Kier molecular flexibility index (Phi) is 5.66. The second-order valence-corrected chi connectivity index (χ2v) is 6.77. The minimum Gasteiger partial charge on any atom is -0.494 e. The summed E-state index contributed by atoms with van der Waals surface area (Å²) in [6, 6.07) is 10.3. The highest BCUT2D eigenvalue weighted by atomic mass is 16.5. The lowest BCUT2D eigenvalue weighted by Gasteiger charge is -2.25. The van der Waals surface area contributed by atoms with Gasteiger partial charge in [0.15, 0.2) is 0 Å². The second-order valence-electron chi connectivity index (χ2n) is 6.77. The molecule has 2 heterocycles. The lowest BCUT2D eigenvalue weighted by Crippen LogP contribution is -2.34. The molecule has 0 spiro atoms. The molecule has 0 aliphatic carbocycles. The van der Waals surface area contributed by atoms with Crippen molar-refractivity contribution in [2.75, 3.05) is 54.1 Å². The molecule has 1 aromatic heterocycles. The number of nitrogens with zero attached hydrogens (tertiary/aromatic N) is 3. The zero-order valence-corrected chi connectivity index (χ0v) is 14.9. The first-order valence-electron chi connectivity index (χ1n) is 8.53. The maximum atomic E-state index is 5.77. The average molecular weight is 329 g/mol. The molecule has 1 aromatic carbocycles. The molecule has 0 N–H and O–H groups in total. The summed E-state index contributed by atoms with van der Waals surface area (Å²) in [5.41, 5.74) is 2.02. The number of fused-ring (bicyclic) bond motifs is 1. The molecule has 0 radical (unpaired) electrons. The smallest absolute Gasteiger partial charge is 0.145 e. The fraction of sp³-hybridized carbons (Fsp3) is 0.526. The van der Waals surface area contributed by atoms with Crippen molar-refractivity contribution in [2.45, 2.75) is 6.54 Å². The van der Waals surface area contributed by atoms with Crippen LogP contribution in [0.25, 0.3) is 10.9 Å². The van der Waals surface area contributed by atoms with Crippen LogP contribution in [-0.4, -0.2) is 68.8 Å². The molecule has 3 rings (SSSR count). The van der Waals surface area contributed by atoms with Crippen molar-refractivity contribution in [1.82, 2.24) is 14.8 Å². The molecular formula is C19H27N3O2. The van der Waals surface area contributed by atoms with Crippen LogP contribution in [0, 0.1) is 5.92 Å². The minimum absolute atomic E-state index is 0.539. The van der Waals surface area contributed by atoms with E-state index in [1.807, 2.05) is 12.1 Å². The van der Waals surface area contributed by atoms with Crippen LogP contribution in [0.3, 0.4) is 0 Å². The van der Waals surface area contributed by atoms with Crippen LogP contribution < -0.4 is 4.74 Å². The van der Waals surface area contributed by atoms with Crippen LogP contribution >= 0.6 is 0 Å². The molecule has 1 saturated heterocycles. The van der Waals surface area contributed by atoms with Gasteiger partial charge in [-0.15, -0.1) is 0 Å². The summed E-state index contributed by atoms with van der Waals surface area (Å²) >= 11 is 0. The number of para-hydroxylation sites is 1. The van der Waals surface area contributed by atoms with Gasteiger partial charge in [-0.1, -0.05) is 18.2 Å². The molecule has 1 aliphatic heterocycles.